The number of phenolic OH excluding ortho intramolecular Hbond substituents is 2. The zero-order chi connectivity index (χ0) is 18.3. The van der Waals surface area contributed by atoms with E-state index < -0.39 is 11.5 Å². The summed E-state index contributed by atoms with van der Waals surface area (Å²) in [6.07, 6.45) is 0. The minimum atomic E-state index is -1.40. The first-order valence-corrected chi connectivity index (χ1v) is 8.32. The molecule has 0 bridgehead atoms. The van der Waals surface area contributed by atoms with Gasteiger partial charge in [0.25, 0.3) is 0 Å². The Morgan fingerprint density at radius 2 is 1.65 bits per heavy atom. The Hall–Kier alpha value is -3.18. The number of ether oxygens (including phenoxy) is 1. The molecule has 0 aliphatic carbocycles. The lowest BCUT2D eigenvalue weighted by Crippen LogP contribution is -2.41. The maximum atomic E-state index is 11.9. The van der Waals surface area contributed by atoms with Gasteiger partial charge in [0, 0.05) is 17.3 Å². The molecule has 2 unspecified atom stereocenters. The predicted molar refractivity (Wildman–Crippen MR) is 98.3 cm³/mol. The lowest BCUT2D eigenvalue weighted by Gasteiger charge is -2.42. The molecule has 0 aromatic heterocycles. The van der Waals surface area contributed by atoms with Crippen molar-refractivity contribution in [1.82, 2.24) is 0 Å². The summed E-state index contributed by atoms with van der Waals surface area (Å²) in [5.74, 6) is 0.247. The molecule has 26 heavy (non-hydrogen) atoms. The van der Waals surface area contributed by atoms with Gasteiger partial charge in [0.1, 0.15) is 22.8 Å². The van der Waals surface area contributed by atoms with Crippen LogP contribution in [-0.2, 0) is 5.60 Å². The van der Waals surface area contributed by atoms with E-state index in [-0.39, 0.29) is 18.1 Å². The van der Waals surface area contributed by atoms with E-state index in [0.29, 0.717) is 22.6 Å². The smallest absolute Gasteiger partial charge is 0.129 e. The summed E-state index contributed by atoms with van der Waals surface area (Å²) in [7, 11) is 0. The molecule has 5 nitrogen and oxygen atoms in total. The second kappa shape index (κ2) is 5.97. The average molecular weight is 349 g/mol. The second-order valence-electron chi connectivity index (χ2n) is 6.53. The molecule has 5 N–H and O–H groups in total. The van der Waals surface area contributed by atoms with Crippen LogP contribution in [0.3, 0.4) is 0 Å². The average Bonchev–Trinajstić information content (AvgIpc) is 2.63. The number of benzene rings is 3. The van der Waals surface area contributed by atoms with Crippen molar-refractivity contribution in [3.8, 4) is 17.2 Å². The van der Waals surface area contributed by atoms with Crippen LogP contribution in [0.2, 0.25) is 0 Å². The summed E-state index contributed by atoms with van der Waals surface area (Å²) in [6.45, 7) is 0.215. The van der Waals surface area contributed by atoms with Crippen LogP contribution in [-0.4, -0.2) is 21.9 Å². The largest absolute Gasteiger partial charge is 0.508 e. The molecule has 0 saturated carbocycles. The topological polar surface area (TPSA) is 95.9 Å². The molecular formula is C21H19NO4. The Labute approximate surface area is 150 Å². The van der Waals surface area contributed by atoms with Gasteiger partial charge in [-0.25, -0.2) is 0 Å². The van der Waals surface area contributed by atoms with Crippen LogP contribution < -0.4 is 10.5 Å². The van der Waals surface area contributed by atoms with Crippen molar-refractivity contribution in [2.45, 2.75) is 11.5 Å². The number of hydrogen-bond acceptors (Lipinski definition) is 5. The number of rotatable bonds is 2. The zero-order valence-electron chi connectivity index (χ0n) is 14.0. The Morgan fingerprint density at radius 3 is 2.38 bits per heavy atom. The number of hydrogen-bond donors (Lipinski definition) is 4. The van der Waals surface area contributed by atoms with Gasteiger partial charge in [-0.05, 0) is 47.5 Å². The van der Waals surface area contributed by atoms with Gasteiger partial charge in [-0.1, -0.05) is 24.3 Å². The first-order valence-electron chi connectivity index (χ1n) is 8.32. The molecule has 132 valence electrons. The second-order valence-corrected chi connectivity index (χ2v) is 6.53. The van der Waals surface area contributed by atoms with Crippen molar-refractivity contribution < 1.29 is 20.1 Å². The Bertz CT molecular complexity index is 954. The molecule has 4 rings (SSSR count). The van der Waals surface area contributed by atoms with Gasteiger partial charge in [-0.3, -0.25) is 0 Å². The van der Waals surface area contributed by atoms with Crippen LogP contribution in [0.1, 0.15) is 22.6 Å². The predicted octanol–water partition coefficient (Wildman–Crippen LogP) is 3.09. The highest BCUT2D eigenvalue weighted by molar-refractivity contribution is 5.55. The SMILES string of the molecule is Nc1cccc(C2(O)c3ccc(O)cc3OCC2c2ccc(O)cc2)c1. The molecule has 0 amide bonds. The van der Waals surface area contributed by atoms with E-state index in [1.54, 1.807) is 48.5 Å². The Balaban J connectivity index is 1.94. The number of nitrogens with two attached hydrogens (primary N) is 1. The summed E-state index contributed by atoms with van der Waals surface area (Å²) in [6, 6.07) is 18.5. The van der Waals surface area contributed by atoms with E-state index in [1.165, 1.54) is 12.1 Å². The molecule has 3 aromatic carbocycles. The minimum Gasteiger partial charge on any atom is -0.508 e. The highest BCUT2D eigenvalue weighted by Crippen LogP contribution is 2.50. The summed E-state index contributed by atoms with van der Waals surface area (Å²) >= 11 is 0. The number of aliphatic hydroxyl groups is 1. The normalized spacial score (nSPS) is 21.7. The number of aromatic hydroxyl groups is 2. The van der Waals surface area contributed by atoms with Gasteiger partial charge in [0.05, 0.1) is 12.5 Å². The molecule has 1 heterocycles. The first-order chi connectivity index (χ1) is 12.5. The fourth-order valence-electron chi connectivity index (χ4n) is 3.60. The van der Waals surface area contributed by atoms with E-state index in [2.05, 4.69) is 0 Å². The maximum absolute atomic E-state index is 11.9. The third-order valence-electron chi connectivity index (χ3n) is 4.91. The Morgan fingerprint density at radius 1 is 0.923 bits per heavy atom. The molecular weight excluding hydrogens is 330 g/mol. The molecule has 0 fully saturated rings. The molecule has 5 heteroatoms. The molecule has 0 saturated heterocycles. The lowest BCUT2D eigenvalue weighted by atomic mass is 9.71. The fraction of sp³-hybridized carbons (Fsp3) is 0.143. The van der Waals surface area contributed by atoms with Crippen molar-refractivity contribution in [3.05, 3.63) is 83.4 Å². The molecule has 3 aromatic rings. The highest BCUT2D eigenvalue weighted by Gasteiger charge is 2.46. The van der Waals surface area contributed by atoms with Crippen LogP contribution in [0.25, 0.3) is 0 Å². The monoisotopic (exact) mass is 349 g/mol. The number of fused-ring (bicyclic) bond motifs is 1. The number of nitrogen functional groups attached to an aromatic ring is 1. The van der Waals surface area contributed by atoms with Gasteiger partial charge in [-0.2, -0.15) is 0 Å². The van der Waals surface area contributed by atoms with Gasteiger partial charge < -0.3 is 25.8 Å². The van der Waals surface area contributed by atoms with Gasteiger partial charge in [0.2, 0.25) is 0 Å². The van der Waals surface area contributed by atoms with E-state index in [1.807, 2.05) is 6.07 Å². The van der Waals surface area contributed by atoms with Crippen LogP contribution in [0.15, 0.2) is 66.7 Å². The van der Waals surface area contributed by atoms with Gasteiger partial charge in [-0.15, -0.1) is 0 Å². The summed E-state index contributed by atoms with van der Waals surface area (Å²) in [4.78, 5) is 0. The maximum Gasteiger partial charge on any atom is 0.129 e. The highest BCUT2D eigenvalue weighted by atomic mass is 16.5. The van der Waals surface area contributed by atoms with Crippen molar-refractivity contribution in [2.75, 3.05) is 12.3 Å². The van der Waals surface area contributed by atoms with Crippen LogP contribution >= 0.6 is 0 Å². The van der Waals surface area contributed by atoms with Gasteiger partial charge >= 0.3 is 0 Å². The fourth-order valence-corrected chi connectivity index (χ4v) is 3.60. The number of anilines is 1. The van der Waals surface area contributed by atoms with E-state index >= 15 is 0 Å². The van der Waals surface area contributed by atoms with E-state index in [9.17, 15) is 15.3 Å². The van der Waals surface area contributed by atoms with Crippen molar-refractivity contribution in [3.63, 3.8) is 0 Å². The van der Waals surface area contributed by atoms with Crippen LogP contribution in [0, 0.1) is 0 Å². The Kier molecular flexibility index (Phi) is 3.74. The third-order valence-corrected chi connectivity index (χ3v) is 4.91. The van der Waals surface area contributed by atoms with Crippen molar-refractivity contribution in [1.29, 1.82) is 0 Å². The molecule has 0 radical (unpaired) electrons. The number of phenols is 2. The van der Waals surface area contributed by atoms with Crippen molar-refractivity contribution >= 4 is 5.69 Å². The quantitative estimate of drug-likeness (QED) is 0.533. The molecule has 1 aliphatic rings. The van der Waals surface area contributed by atoms with Crippen LogP contribution in [0.4, 0.5) is 5.69 Å². The zero-order valence-corrected chi connectivity index (χ0v) is 14.0. The molecule has 2 atom stereocenters. The summed E-state index contributed by atoms with van der Waals surface area (Å²) in [5, 5.41) is 31.3. The standard InChI is InChI=1S/C21H19NO4/c22-15-3-1-2-14(10-15)21(25)18-9-8-17(24)11-20(18)26-12-19(21)13-4-6-16(23)7-5-13/h1-11,19,23-25H,12,22H2. The van der Waals surface area contributed by atoms with E-state index in [0.717, 1.165) is 5.56 Å². The minimum absolute atomic E-state index is 0.0711. The van der Waals surface area contributed by atoms with Gasteiger partial charge in [0.15, 0.2) is 0 Å². The van der Waals surface area contributed by atoms with E-state index in [4.69, 9.17) is 10.5 Å². The lowest BCUT2D eigenvalue weighted by molar-refractivity contribution is 0.0106. The summed E-state index contributed by atoms with van der Waals surface area (Å²) in [5.41, 5.74) is 7.14. The third kappa shape index (κ3) is 2.53. The van der Waals surface area contributed by atoms with Crippen LogP contribution in [0.5, 0.6) is 17.2 Å². The van der Waals surface area contributed by atoms with Crippen molar-refractivity contribution in [2.24, 2.45) is 0 Å². The molecule has 0 spiro atoms. The molecule has 1 aliphatic heterocycles. The first kappa shape index (κ1) is 16.3. The summed E-state index contributed by atoms with van der Waals surface area (Å²) < 4.78 is 5.83.